The predicted octanol–water partition coefficient (Wildman–Crippen LogP) is -1.33. The molecule has 0 aromatic heterocycles. The smallest absolute Gasteiger partial charge is 0.220 e. The van der Waals surface area contributed by atoms with Gasteiger partial charge < -0.3 is 10.4 Å². The largest absolute Gasteiger partial charge is 0.390 e. The fourth-order valence-electron chi connectivity index (χ4n) is 1.28. The summed E-state index contributed by atoms with van der Waals surface area (Å²) in [6.07, 6.45) is -0.663. The van der Waals surface area contributed by atoms with Gasteiger partial charge in [-0.15, -0.1) is 0 Å². The minimum absolute atomic E-state index is 0.153. The zero-order chi connectivity index (χ0) is 10.1. The number of carbonyl (C=O) groups excluding carboxylic acids is 1. The van der Waals surface area contributed by atoms with E-state index in [1.54, 1.807) is 6.92 Å². The number of sulfone groups is 1. The average Bonchev–Trinajstić information content (AvgIpc) is 2.24. The third-order valence-electron chi connectivity index (χ3n) is 1.99. The highest BCUT2D eigenvalue weighted by atomic mass is 32.2. The minimum Gasteiger partial charge on any atom is -0.390 e. The first-order chi connectivity index (χ1) is 5.94. The molecule has 0 aliphatic carbocycles. The van der Waals surface area contributed by atoms with Crippen molar-refractivity contribution in [2.75, 3.05) is 11.5 Å². The highest BCUT2D eigenvalue weighted by Gasteiger charge is 2.36. The molecule has 0 aromatic carbocycles. The van der Waals surface area contributed by atoms with Crippen molar-refractivity contribution in [3.63, 3.8) is 0 Å². The average molecular weight is 207 g/mol. The molecule has 0 radical (unpaired) electrons. The van der Waals surface area contributed by atoms with Crippen LogP contribution in [0.2, 0.25) is 0 Å². The molecule has 13 heavy (non-hydrogen) atoms. The Morgan fingerprint density at radius 3 is 2.54 bits per heavy atom. The number of aliphatic hydroxyl groups is 1. The molecular formula is C7H13NO4S. The van der Waals surface area contributed by atoms with Crippen LogP contribution < -0.4 is 5.32 Å². The number of aliphatic hydroxyl groups excluding tert-OH is 1. The van der Waals surface area contributed by atoms with E-state index in [-0.39, 0.29) is 17.4 Å². The Labute approximate surface area is 77.1 Å². The topological polar surface area (TPSA) is 83.5 Å². The van der Waals surface area contributed by atoms with Crippen molar-refractivity contribution in [1.29, 1.82) is 0 Å². The second kappa shape index (κ2) is 3.63. The molecule has 1 aliphatic heterocycles. The monoisotopic (exact) mass is 207 g/mol. The summed E-state index contributed by atoms with van der Waals surface area (Å²) in [4.78, 5) is 10.9. The Balaban J connectivity index is 2.59. The predicted molar refractivity (Wildman–Crippen MR) is 46.9 cm³/mol. The van der Waals surface area contributed by atoms with Crippen molar-refractivity contribution in [3.8, 4) is 0 Å². The minimum atomic E-state index is -3.16. The van der Waals surface area contributed by atoms with Gasteiger partial charge in [-0.1, -0.05) is 6.92 Å². The maximum atomic E-state index is 11.0. The third kappa shape index (κ3) is 2.67. The Morgan fingerprint density at radius 2 is 2.15 bits per heavy atom. The van der Waals surface area contributed by atoms with Gasteiger partial charge in [-0.05, 0) is 0 Å². The molecule has 1 amide bonds. The normalized spacial score (nSPS) is 31.5. The molecule has 76 valence electrons. The Hall–Kier alpha value is -0.620. The van der Waals surface area contributed by atoms with Gasteiger partial charge in [0.05, 0.1) is 23.7 Å². The first kappa shape index (κ1) is 10.5. The van der Waals surface area contributed by atoms with Gasteiger partial charge in [0.2, 0.25) is 5.91 Å². The number of hydrogen-bond acceptors (Lipinski definition) is 4. The van der Waals surface area contributed by atoms with E-state index >= 15 is 0 Å². The molecule has 1 rings (SSSR count). The van der Waals surface area contributed by atoms with E-state index in [1.807, 2.05) is 0 Å². The number of hydrogen-bond donors (Lipinski definition) is 2. The molecule has 2 atom stereocenters. The summed E-state index contributed by atoms with van der Waals surface area (Å²) in [5.74, 6) is -0.636. The van der Waals surface area contributed by atoms with Crippen molar-refractivity contribution in [2.45, 2.75) is 25.5 Å². The molecule has 0 spiro atoms. The highest BCUT2D eigenvalue weighted by Crippen LogP contribution is 2.12. The first-order valence-corrected chi connectivity index (χ1v) is 5.94. The van der Waals surface area contributed by atoms with Crippen LogP contribution in [0.25, 0.3) is 0 Å². The summed E-state index contributed by atoms with van der Waals surface area (Å²) in [6, 6.07) is -0.627. The zero-order valence-corrected chi connectivity index (χ0v) is 8.17. The lowest BCUT2D eigenvalue weighted by Crippen LogP contribution is -2.42. The first-order valence-electron chi connectivity index (χ1n) is 4.12. The molecule has 0 unspecified atom stereocenters. The van der Waals surface area contributed by atoms with E-state index in [1.165, 1.54) is 0 Å². The summed E-state index contributed by atoms with van der Waals surface area (Å²) in [5, 5.41) is 11.7. The van der Waals surface area contributed by atoms with Crippen LogP contribution in [0, 0.1) is 0 Å². The Bertz CT molecular complexity index is 298. The van der Waals surface area contributed by atoms with Crippen molar-refractivity contribution < 1.29 is 18.3 Å². The van der Waals surface area contributed by atoms with Crippen LogP contribution in [0.1, 0.15) is 13.3 Å². The quantitative estimate of drug-likeness (QED) is 0.587. The van der Waals surface area contributed by atoms with Crippen LogP contribution >= 0.6 is 0 Å². The third-order valence-corrected chi connectivity index (χ3v) is 3.71. The zero-order valence-electron chi connectivity index (χ0n) is 7.36. The summed E-state index contributed by atoms with van der Waals surface area (Å²) in [6.45, 7) is 1.67. The van der Waals surface area contributed by atoms with E-state index in [0.29, 0.717) is 6.42 Å². The van der Waals surface area contributed by atoms with Crippen molar-refractivity contribution in [1.82, 2.24) is 5.32 Å². The van der Waals surface area contributed by atoms with Crippen LogP contribution in [-0.2, 0) is 14.6 Å². The standard InChI is InChI=1S/C7H13NO4S/c1-2-7(10)8-5-3-13(11,12)4-6(5)9/h5-6,9H,2-4H2,1H3,(H,8,10)/t5-,6-/m0/s1. The molecule has 0 saturated carbocycles. The molecule has 0 aromatic rings. The number of amides is 1. The van der Waals surface area contributed by atoms with Crippen LogP contribution in [0.5, 0.6) is 0 Å². The van der Waals surface area contributed by atoms with Gasteiger partial charge in [0.1, 0.15) is 0 Å². The molecule has 6 heteroatoms. The van der Waals surface area contributed by atoms with Crippen LogP contribution in [-0.4, -0.2) is 43.1 Å². The summed E-state index contributed by atoms with van der Waals surface area (Å²) >= 11 is 0. The lowest BCUT2D eigenvalue weighted by molar-refractivity contribution is -0.121. The van der Waals surface area contributed by atoms with Gasteiger partial charge in [-0.3, -0.25) is 4.79 Å². The molecule has 1 heterocycles. The lowest BCUT2D eigenvalue weighted by atomic mass is 10.2. The maximum absolute atomic E-state index is 11.0. The second-order valence-electron chi connectivity index (χ2n) is 3.17. The van der Waals surface area contributed by atoms with Crippen molar-refractivity contribution >= 4 is 15.7 Å². The summed E-state index contributed by atoms with van der Waals surface area (Å²) in [7, 11) is -3.16. The fraction of sp³-hybridized carbons (Fsp3) is 0.857. The molecule has 2 N–H and O–H groups in total. The molecular weight excluding hydrogens is 194 g/mol. The summed E-state index contributed by atoms with van der Waals surface area (Å²) < 4.78 is 22.0. The van der Waals surface area contributed by atoms with Crippen LogP contribution in [0.3, 0.4) is 0 Å². The second-order valence-corrected chi connectivity index (χ2v) is 5.33. The molecule has 1 fully saturated rings. The molecule has 5 nitrogen and oxygen atoms in total. The number of rotatable bonds is 2. The Kier molecular flexibility index (Phi) is 2.92. The van der Waals surface area contributed by atoms with Gasteiger partial charge in [-0.25, -0.2) is 8.42 Å². The summed E-state index contributed by atoms with van der Waals surface area (Å²) in [5.41, 5.74) is 0. The highest BCUT2D eigenvalue weighted by molar-refractivity contribution is 7.91. The fourth-order valence-corrected chi connectivity index (χ4v) is 3.02. The lowest BCUT2D eigenvalue weighted by Gasteiger charge is -2.13. The van der Waals surface area contributed by atoms with Crippen LogP contribution in [0.15, 0.2) is 0 Å². The Morgan fingerprint density at radius 1 is 1.54 bits per heavy atom. The van der Waals surface area contributed by atoms with Gasteiger partial charge in [-0.2, -0.15) is 0 Å². The maximum Gasteiger partial charge on any atom is 0.220 e. The van der Waals surface area contributed by atoms with E-state index in [0.717, 1.165) is 0 Å². The van der Waals surface area contributed by atoms with E-state index in [4.69, 9.17) is 0 Å². The molecule has 1 saturated heterocycles. The van der Waals surface area contributed by atoms with E-state index in [9.17, 15) is 18.3 Å². The van der Waals surface area contributed by atoms with Crippen molar-refractivity contribution in [2.24, 2.45) is 0 Å². The number of carbonyl (C=O) groups is 1. The molecule has 0 bridgehead atoms. The molecule has 1 aliphatic rings. The van der Waals surface area contributed by atoms with Crippen molar-refractivity contribution in [3.05, 3.63) is 0 Å². The van der Waals surface area contributed by atoms with Gasteiger partial charge in [0.15, 0.2) is 9.84 Å². The van der Waals surface area contributed by atoms with E-state index < -0.39 is 22.0 Å². The van der Waals surface area contributed by atoms with Gasteiger partial charge >= 0.3 is 0 Å². The van der Waals surface area contributed by atoms with Crippen LogP contribution in [0.4, 0.5) is 0 Å². The van der Waals surface area contributed by atoms with Gasteiger partial charge in [0.25, 0.3) is 0 Å². The van der Waals surface area contributed by atoms with E-state index in [2.05, 4.69) is 5.32 Å². The SMILES string of the molecule is CCC(=O)N[C@H]1CS(=O)(=O)C[C@@H]1O. The van der Waals surface area contributed by atoms with Gasteiger partial charge in [0, 0.05) is 6.42 Å². The number of nitrogens with one attached hydrogen (secondary N) is 1.